The monoisotopic (exact) mass is 463 g/mol. The van der Waals surface area contributed by atoms with Crippen LogP contribution in [0, 0.1) is 13.8 Å². The zero-order valence-corrected chi connectivity index (χ0v) is 19.7. The number of piperidine rings is 1. The van der Waals surface area contributed by atoms with Gasteiger partial charge in [0.1, 0.15) is 5.76 Å². The Balaban J connectivity index is 1.75. The van der Waals surface area contributed by atoms with Gasteiger partial charge in [-0.2, -0.15) is 0 Å². The lowest BCUT2D eigenvalue weighted by molar-refractivity contribution is -0.142. The number of ether oxygens (including phenoxy) is 1. The number of Topliss-reactive ketones (excluding diaryl/α,β-unsaturated/α-hetero) is 1. The molecule has 2 fully saturated rings. The summed E-state index contributed by atoms with van der Waals surface area (Å²) in [4.78, 5) is 46.0. The van der Waals surface area contributed by atoms with Crippen LogP contribution >= 0.6 is 0 Å². The van der Waals surface area contributed by atoms with Crippen LogP contribution < -0.4 is 0 Å². The molecule has 8 nitrogen and oxygen atoms in total. The SMILES string of the molecule is CCOC(=O)N1CCC(N2C(=O)C(=O)/C(=C(/O)c3cc(C)ccc3C)C2c2ccncc2)CC1. The zero-order chi connectivity index (χ0) is 24.4. The van der Waals surface area contributed by atoms with Gasteiger partial charge in [0.05, 0.1) is 18.2 Å². The van der Waals surface area contributed by atoms with Crippen LogP contribution in [-0.4, -0.2) is 63.4 Å². The number of hydrogen-bond acceptors (Lipinski definition) is 6. The number of nitrogens with zero attached hydrogens (tertiary/aromatic N) is 3. The number of ketones is 1. The maximum absolute atomic E-state index is 13.3. The number of aromatic nitrogens is 1. The van der Waals surface area contributed by atoms with Crippen LogP contribution in [0.4, 0.5) is 4.79 Å². The predicted molar refractivity (Wildman–Crippen MR) is 126 cm³/mol. The summed E-state index contributed by atoms with van der Waals surface area (Å²) in [6, 6.07) is 8.15. The van der Waals surface area contributed by atoms with E-state index in [-0.39, 0.29) is 23.5 Å². The maximum Gasteiger partial charge on any atom is 0.409 e. The van der Waals surface area contributed by atoms with Gasteiger partial charge in [0.2, 0.25) is 0 Å². The van der Waals surface area contributed by atoms with Crippen molar-refractivity contribution >= 4 is 23.5 Å². The van der Waals surface area contributed by atoms with Crippen molar-refractivity contribution < 1.29 is 24.2 Å². The van der Waals surface area contributed by atoms with Gasteiger partial charge < -0.3 is 19.6 Å². The molecule has 0 spiro atoms. The number of aliphatic hydroxyl groups excluding tert-OH is 1. The van der Waals surface area contributed by atoms with E-state index in [2.05, 4.69) is 4.98 Å². The number of rotatable bonds is 4. The molecule has 0 bridgehead atoms. The predicted octanol–water partition coefficient (Wildman–Crippen LogP) is 3.74. The summed E-state index contributed by atoms with van der Waals surface area (Å²) < 4.78 is 5.09. The molecule has 2 saturated heterocycles. The number of amides is 2. The molecular formula is C26H29N3O5. The molecule has 4 rings (SSSR count). The lowest BCUT2D eigenvalue weighted by Gasteiger charge is -2.38. The smallest absolute Gasteiger partial charge is 0.409 e. The van der Waals surface area contributed by atoms with E-state index in [1.54, 1.807) is 41.2 Å². The minimum Gasteiger partial charge on any atom is -0.507 e. The van der Waals surface area contributed by atoms with Crippen LogP contribution in [0.5, 0.6) is 0 Å². The molecule has 34 heavy (non-hydrogen) atoms. The van der Waals surface area contributed by atoms with Crippen molar-refractivity contribution in [3.05, 3.63) is 70.6 Å². The van der Waals surface area contributed by atoms with Crippen molar-refractivity contribution in [2.24, 2.45) is 0 Å². The first-order valence-corrected chi connectivity index (χ1v) is 11.5. The average molecular weight is 464 g/mol. The van der Waals surface area contributed by atoms with Gasteiger partial charge in [-0.1, -0.05) is 17.7 Å². The molecule has 1 aromatic heterocycles. The van der Waals surface area contributed by atoms with E-state index in [0.717, 1.165) is 11.1 Å². The molecule has 8 heteroatoms. The van der Waals surface area contributed by atoms with E-state index in [1.165, 1.54) is 0 Å². The Labute approximate surface area is 198 Å². The number of carbonyl (C=O) groups excluding carboxylic acids is 3. The Bertz CT molecular complexity index is 1140. The van der Waals surface area contributed by atoms with Crippen molar-refractivity contribution in [3.63, 3.8) is 0 Å². The largest absolute Gasteiger partial charge is 0.507 e. The molecule has 0 aliphatic carbocycles. The molecular weight excluding hydrogens is 434 g/mol. The highest BCUT2D eigenvalue weighted by Crippen LogP contribution is 2.42. The Kier molecular flexibility index (Phi) is 6.68. The summed E-state index contributed by atoms with van der Waals surface area (Å²) in [5.74, 6) is -1.51. The molecule has 1 N–H and O–H groups in total. The Morgan fingerprint density at radius 2 is 1.79 bits per heavy atom. The van der Waals surface area contributed by atoms with Crippen LogP contribution in [0.1, 0.15) is 48.1 Å². The molecule has 0 radical (unpaired) electrons. The van der Waals surface area contributed by atoms with E-state index in [1.807, 2.05) is 32.0 Å². The molecule has 1 aromatic carbocycles. The topological polar surface area (TPSA) is 100 Å². The van der Waals surface area contributed by atoms with E-state index in [0.29, 0.717) is 43.7 Å². The molecule has 2 aliphatic rings. The summed E-state index contributed by atoms with van der Waals surface area (Å²) >= 11 is 0. The fourth-order valence-electron chi connectivity index (χ4n) is 4.78. The van der Waals surface area contributed by atoms with Gasteiger partial charge in [0, 0.05) is 37.1 Å². The van der Waals surface area contributed by atoms with Gasteiger partial charge >= 0.3 is 6.09 Å². The van der Waals surface area contributed by atoms with E-state index in [9.17, 15) is 19.5 Å². The molecule has 1 atom stereocenters. The van der Waals surface area contributed by atoms with Gasteiger partial charge in [0.25, 0.3) is 11.7 Å². The number of hydrogen-bond donors (Lipinski definition) is 1. The Morgan fingerprint density at radius 3 is 2.44 bits per heavy atom. The molecule has 1 unspecified atom stereocenters. The van der Waals surface area contributed by atoms with Crippen molar-refractivity contribution in [2.45, 2.75) is 45.7 Å². The number of aryl methyl sites for hydroxylation is 2. The van der Waals surface area contributed by atoms with E-state index >= 15 is 0 Å². The maximum atomic E-state index is 13.3. The number of benzene rings is 1. The second-order valence-electron chi connectivity index (χ2n) is 8.72. The van der Waals surface area contributed by atoms with Crippen molar-refractivity contribution in [3.8, 4) is 0 Å². The highest BCUT2D eigenvalue weighted by molar-refractivity contribution is 6.46. The minimum atomic E-state index is -0.734. The number of pyridine rings is 1. The van der Waals surface area contributed by atoms with Crippen molar-refractivity contribution in [1.29, 1.82) is 0 Å². The molecule has 2 aromatic rings. The number of likely N-dealkylation sites (tertiary alicyclic amines) is 2. The second-order valence-corrected chi connectivity index (χ2v) is 8.72. The standard InChI is InChI=1S/C26H29N3O5/c1-4-34-26(33)28-13-9-19(10-14-28)29-22(18-7-11-27-12-8-18)21(24(31)25(29)32)23(30)20-15-16(2)5-6-17(20)3/h5-8,11-12,15,19,22,30H,4,9-10,13-14H2,1-3H3/b23-21+. The third-order valence-corrected chi connectivity index (χ3v) is 6.53. The lowest BCUT2D eigenvalue weighted by atomic mass is 9.92. The first-order valence-electron chi connectivity index (χ1n) is 11.5. The number of carbonyl (C=O) groups is 3. The Morgan fingerprint density at radius 1 is 1.12 bits per heavy atom. The van der Waals surface area contributed by atoms with E-state index < -0.39 is 17.7 Å². The van der Waals surface area contributed by atoms with Gasteiger partial charge in [-0.3, -0.25) is 14.6 Å². The van der Waals surface area contributed by atoms with Crippen LogP contribution in [0.25, 0.3) is 5.76 Å². The highest BCUT2D eigenvalue weighted by Gasteiger charge is 2.49. The normalized spacial score (nSPS) is 20.6. The van der Waals surface area contributed by atoms with Gasteiger partial charge in [-0.05, 0) is 62.9 Å². The minimum absolute atomic E-state index is 0.0812. The second kappa shape index (κ2) is 9.67. The fourth-order valence-corrected chi connectivity index (χ4v) is 4.78. The fraction of sp³-hybridized carbons (Fsp3) is 0.385. The van der Waals surface area contributed by atoms with E-state index in [4.69, 9.17) is 4.74 Å². The third kappa shape index (κ3) is 4.27. The summed E-state index contributed by atoms with van der Waals surface area (Å²) in [6.07, 6.45) is 3.87. The summed E-state index contributed by atoms with van der Waals surface area (Å²) in [6.45, 7) is 6.67. The number of aliphatic hydroxyl groups is 1. The van der Waals surface area contributed by atoms with Crippen LogP contribution in [0.3, 0.4) is 0 Å². The van der Waals surface area contributed by atoms with Crippen LogP contribution in [0.15, 0.2) is 48.3 Å². The summed E-state index contributed by atoms with van der Waals surface area (Å²) in [5.41, 5.74) is 3.07. The lowest BCUT2D eigenvalue weighted by Crippen LogP contribution is -2.48. The molecule has 2 aliphatic heterocycles. The first-order chi connectivity index (χ1) is 16.3. The van der Waals surface area contributed by atoms with Crippen molar-refractivity contribution in [1.82, 2.24) is 14.8 Å². The zero-order valence-electron chi connectivity index (χ0n) is 19.7. The summed E-state index contributed by atoms with van der Waals surface area (Å²) in [7, 11) is 0. The van der Waals surface area contributed by atoms with Crippen molar-refractivity contribution in [2.75, 3.05) is 19.7 Å². The third-order valence-electron chi connectivity index (χ3n) is 6.53. The first kappa shape index (κ1) is 23.5. The average Bonchev–Trinajstić information content (AvgIpc) is 3.11. The quantitative estimate of drug-likeness (QED) is 0.421. The van der Waals surface area contributed by atoms with Crippen LogP contribution in [0.2, 0.25) is 0 Å². The molecule has 3 heterocycles. The highest BCUT2D eigenvalue weighted by atomic mass is 16.6. The molecule has 0 saturated carbocycles. The van der Waals surface area contributed by atoms with Gasteiger partial charge in [-0.25, -0.2) is 4.79 Å². The van der Waals surface area contributed by atoms with Crippen LogP contribution in [-0.2, 0) is 14.3 Å². The Hall–Kier alpha value is -3.68. The molecule has 178 valence electrons. The van der Waals surface area contributed by atoms with Gasteiger partial charge in [-0.15, -0.1) is 0 Å². The molecule has 2 amide bonds. The van der Waals surface area contributed by atoms with Gasteiger partial charge in [0.15, 0.2) is 0 Å². The summed E-state index contributed by atoms with van der Waals surface area (Å²) in [5, 5.41) is 11.3.